The van der Waals surface area contributed by atoms with Crippen molar-refractivity contribution < 1.29 is 0 Å². The van der Waals surface area contributed by atoms with E-state index < -0.39 is 0 Å². The van der Waals surface area contributed by atoms with Crippen LogP contribution in [0.5, 0.6) is 0 Å². The van der Waals surface area contributed by atoms with Crippen LogP contribution in [0.15, 0.2) is 24.5 Å². The maximum absolute atomic E-state index is 4.21. The topological polar surface area (TPSA) is 19.4 Å². The highest BCUT2D eigenvalue weighted by atomic mass is 15.2. The summed E-state index contributed by atoms with van der Waals surface area (Å²) < 4.78 is 0. The summed E-state index contributed by atoms with van der Waals surface area (Å²) in [4.78, 5) is 9.01. The summed E-state index contributed by atoms with van der Waals surface area (Å²) in [6.07, 6.45) is 7.74. The summed E-state index contributed by atoms with van der Waals surface area (Å²) in [6, 6.07) is 4.85. The lowest BCUT2D eigenvalue weighted by Gasteiger charge is -2.29. The fourth-order valence-corrected chi connectivity index (χ4v) is 2.32. The van der Waals surface area contributed by atoms with Crippen LogP contribution < -0.4 is 4.90 Å². The van der Waals surface area contributed by atoms with Crippen molar-refractivity contribution in [2.75, 3.05) is 32.1 Å². The molecule has 1 saturated heterocycles. The molecule has 3 nitrogen and oxygen atoms in total. The van der Waals surface area contributed by atoms with Gasteiger partial charge in [-0.2, -0.15) is 0 Å². The van der Waals surface area contributed by atoms with E-state index in [1.165, 1.54) is 24.9 Å². The fraction of sp³-hybridized carbons (Fsp3) is 0.615. The SMILES string of the molecule is CN(C)C1CCCCN(c2cccnc2)C1. The largest absolute Gasteiger partial charge is 0.369 e. The first-order valence-electron chi connectivity index (χ1n) is 6.09. The van der Waals surface area contributed by atoms with Gasteiger partial charge in [-0.3, -0.25) is 4.98 Å². The molecular formula is C13H21N3. The molecule has 0 bridgehead atoms. The van der Waals surface area contributed by atoms with Crippen molar-refractivity contribution in [3.05, 3.63) is 24.5 Å². The van der Waals surface area contributed by atoms with Gasteiger partial charge in [0.15, 0.2) is 0 Å². The van der Waals surface area contributed by atoms with Crippen molar-refractivity contribution in [3.63, 3.8) is 0 Å². The Bertz CT molecular complexity index is 310. The molecular weight excluding hydrogens is 198 g/mol. The molecule has 1 aromatic rings. The Morgan fingerprint density at radius 1 is 1.38 bits per heavy atom. The molecule has 1 aliphatic heterocycles. The van der Waals surface area contributed by atoms with Crippen LogP contribution in [0.1, 0.15) is 19.3 Å². The third kappa shape index (κ3) is 2.73. The van der Waals surface area contributed by atoms with Gasteiger partial charge in [0.2, 0.25) is 0 Å². The Kier molecular flexibility index (Phi) is 3.78. The van der Waals surface area contributed by atoms with E-state index in [2.05, 4.69) is 34.9 Å². The summed E-state index contributed by atoms with van der Waals surface area (Å²) in [6.45, 7) is 2.29. The third-order valence-electron chi connectivity index (χ3n) is 3.39. The van der Waals surface area contributed by atoms with Gasteiger partial charge in [-0.25, -0.2) is 0 Å². The highest BCUT2D eigenvalue weighted by Crippen LogP contribution is 2.19. The van der Waals surface area contributed by atoms with Crippen molar-refractivity contribution in [2.45, 2.75) is 25.3 Å². The molecule has 16 heavy (non-hydrogen) atoms. The number of anilines is 1. The summed E-state index contributed by atoms with van der Waals surface area (Å²) in [5.41, 5.74) is 1.26. The summed E-state index contributed by atoms with van der Waals surface area (Å²) in [7, 11) is 4.36. The van der Waals surface area contributed by atoms with Gasteiger partial charge in [0, 0.05) is 25.3 Å². The minimum atomic E-state index is 0.669. The summed E-state index contributed by atoms with van der Waals surface area (Å²) in [5, 5.41) is 0. The second kappa shape index (κ2) is 5.30. The van der Waals surface area contributed by atoms with Crippen LogP contribution in [0.3, 0.4) is 0 Å². The second-order valence-corrected chi connectivity index (χ2v) is 4.77. The quantitative estimate of drug-likeness (QED) is 0.758. The molecule has 1 aromatic heterocycles. The van der Waals surface area contributed by atoms with E-state index >= 15 is 0 Å². The van der Waals surface area contributed by atoms with Crippen molar-refractivity contribution in [3.8, 4) is 0 Å². The van der Waals surface area contributed by atoms with Gasteiger partial charge < -0.3 is 9.80 Å². The number of rotatable bonds is 2. The first kappa shape index (κ1) is 11.4. The van der Waals surface area contributed by atoms with E-state index in [9.17, 15) is 0 Å². The van der Waals surface area contributed by atoms with Crippen molar-refractivity contribution in [2.24, 2.45) is 0 Å². The minimum absolute atomic E-state index is 0.669. The van der Waals surface area contributed by atoms with E-state index in [0.717, 1.165) is 13.1 Å². The van der Waals surface area contributed by atoms with Crippen LogP contribution in [0.2, 0.25) is 0 Å². The molecule has 0 N–H and O–H groups in total. The Morgan fingerprint density at radius 2 is 2.25 bits per heavy atom. The fourth-order valence-electron chi connectivity index (χ4n) is 2.32. The first-order chi connectivity index (χ1) is 7.77. The average Bonchev–Trinajstić information content (AvgIpc) is 2.56. The molecule has 0 aliphatic carbocycles. The molecule has 2 heterocycles. The smallest absolute Gasteiger partial charge is 0.0553 e. The number of aromatic nitrogens is 1. The van der Waals surface area contributed by atoms with Gasteiger partial charge in [0.1, 0.15) is 0 Å². The molecule has 1 unspecified atom stereocenters. The summed E-state index contributed by atoms with van der Waals surface area (Å²) >= 11 is 0. The van der Waals surface area contributed by atoms with Crippen molar-refractivity contribution >= 4 is 5.69 Å². The standard InChI is InChI=1S/C13H21N3/c1-15(2)13-6-3-4-9-16(11-13)12-7-5-8-14-10-12/h5,7-8,10,13H,3-4,6,9,11H2,1-2H3. The lowest BCUT2D eigenvalue weighted by atomic mass is 10.1. The predicted octanol–water partition coefficient (Wildman–Crippen LogP) is 2.00. The van der Waals surface area contributed by atoms with Crippen LogP contribution in [0.4, 0.5) is 5.69 Å². The zero-order valence-corrected chi connectivity index (χ0v) is 10.3. The lowest BCUT2D eigenvalue weighted by Crippen LogP contribution is -2.39. The average molecular weight is 219 g/mol. The molecule has 0 amide bonds. The molecule has 0 spiro atoms. The van der Waals surface area contributed by atoms with Crippen molar-refractivity contribution in [1.82, 2.24) is 9.88 Å². The first-order valence-corrected chi connectivity index (χ1v) is 6.09. The van der Waals surface area contributed by atoms with Gasteiger partial charge in [0.05, 0.1) is 11.9 Å². The predicted molar refractivity (Wildman–Crippen MR) is 67.8 cm³/mol. The van der Waals surface area contributed by atoms with Gasteiger partial charge in [-0.05, 0) is 39.1 Å². The Hall–Kier alpha value is -1.09. The van der Waals surface area contributed by atoms with Crippen molar-refractivity contribution in [1.29, 1.82) is 0 Å². The Morgan fingerprint density at radius 3 is 2.94 bits per heavy atom. The van der Waals surface area contributed by atoms with Gasteiger partial charge in [-0.1, -0.05) is 6.42 Å². The zero-order chi connectivity index (χ0) is 11.4. The number of nitrogens with zero attached hydrogens (tertiary/aromatic N) is 3. The second-order valence-electron chi connectivity index (χ2n) is 4.77. The molecule has 3 heteroatoms. The third-order valence-corrected chi connectivity index (χ3v) is 3.39. The van der Waals surface area contributed by atoms with Crippen LogP contribution in [0.25, 0.3) is 0 Å². The number of pyridine rings is 1. The van der Waals surface area contributed by atoms with E-state index in [4.69, 9.17) is 0 Å². The molecule has 1 aliphatic rings. The number of hydrogen-bond acceptors (Lipinski definition) is 3. The molecule has 0 radical (unpaired) electrons. The summed E-state index contributed by atoms with van der Waals surface area (Å²) in [5.74, 6) is 0. The van der Waals surface area contributed by atoms with Gasteiger partial charge in [-0.15, -0.1) is 0 Å². The lowest BCUT2D eigenvalue weighted by molar-refractivity contribution is 0.285. The van der Waals surface area contributed by atoms with Crippen LogP contribution in [-0.2, 0) is 0 Å². The van der Waals surface area contributed by atoms with Crippen LogP contribution >= 0.6 is 0 Å². The van der Waals surface area contributed by atoms with Crippen LogP contribution in [0, 0.1) is 0 Å². The monoisotopic (exact) mass is 219 g/mol. The zero-order valence-electron chi connectivity index (χ0n) is 10.3. The molecule has 0 aromatic carbocycles. The van der Waals surface area contributed by atoms with Gasteiger partial charge >= 0.3 is 0 Å². The van der Waals surface area contributed by atoms with Gasteiger partial charge in [0.25, 0.3) is 0 Å². The molecule has 1 atom stereocenters. The number of hydrogen-bond donors (Lipinski definition) is 0. The highest BCUT2D eigenvalue weighted by Gasteiger charge is 2.19. The minimum Gasteiger partial charge on any atom is -0.369 e. The van der Waals surface area contributed by atoms with E-state index in [-0.39, 0.29) is 0 Å². The maximum atomic E-state index is 4.21. The number of likely N-dealkylation sites (N-methyl/N-ethyl adjacent to an activating group) is 1. The Labute approximate surface area is 98.1 Å². The highest BCUT2D eigenvalue weighted by molar-refractivity contribution is 5.43. The molecule has 2 rings (SSSR count). The van der Waals surface area contributed by atoms with E-state index in [1.807, 2.05) is 18.5 Å². The maximum Gasteiger partial charge on any atom is 0.0553 e. The molecule has 1 fully saturated rings. The van der Waals surface area contributed by atoms with E-state index in [1.54, 1.807) is 0 Å². The Balaban J connectivity index is 2.09. The van der Waals surface area contributed by atoms with E-state index in [0.29, 0.717) is 6.04 Å². The normalized spacial score (nSPS) is 22.2. The molecule has 0 saturated carbocycles. The molecule has 88 valence electrons. The van der Waals surface area contributed by atoms with Crippen LogP contribution in [-0.4, -0.2) is 43.1 Å².